The Balaban J connectivity index is 0. The van der Waals surface area contributed by atoms with Crippen molar-refractivity contribution in [3.05, 3.63) is 0 Å². The third kappa shape index (κ3) is 72.3. The van der Waals surface area contributed by atoms with Crippen molar-refractivity contribution < 1.29 is 0 Å². The van der Waals surface area contributed by atoms with Gasteiger partial charge in [-0.15, -0.1) is 0 Å². The third-order valence-electron chi connectivity index (χ3n) is 0. The standard InChI is InChI=1S/CH2N2.Pb/c2-1-3;/h2H2;. The number of nitrogens with zero attached hydrogens (tertiary/aromatic N) is 1. The van der Waals surface area contributed by atoms with Crippen LogP contribution in [0.15, 0.2) is 0 Å². The maximum absolute atomic E-state index is 7.10. The predicted molar refractivity (Wildman–Crippen MR) is 15.6 cm³/mol. The summed E-state index contributed by atoms with van der Waals surface area (Å²) in [6.45, 7) is 0. The maximum atomic E-state index is 7.10. The molecule has 0 amide bonds. The molecule has 4 radical (unpaired) electrons. The molecule has 0 aromatic carbocycles. The first kappa shape index (κ1) is 8.88. The van der Waals surface area contributed by atoms with Gasteiger partial charge in [-0.2, -0.15) is 5.26 Å². The van der Waals surface area contributed by atoms with Gasteiger partial charge in [-0.25, -0.2) is 0 Å². The number of nitriles is 1. The monoisotopic (exact) mass is 250 g/mol. The minimum Gasteiger partial charge on any atom is -0.337 e. The van der Waals surface area contributed by atoms with Gasteiger partial charge < -0.3 is 5.73 Å². The molecule has 0 aromatic rings. The van der Waals surface area contributed by atoms with Crippen LogP contribution in [0, 0.1) is 11.5 Å². The fourth-order valence-electron chi connectivity index (χ4n) is 0. The smallest absolute Gasteiger partial charge is 0.173 e. The van der Waals surface area contributed by atoms with Crippen LogP contribution in [0.3, 0.4) is 0 Å². The van der Waals surface area contributed by atoms with Crippen LogP contribution in [0.1, 0.15) is 0 Å². The van der Waals surface area contributed by atoms with Crippen molar-refractivity contribution in [2.24, 2.45) is 5.73 Å². The van der Waals surface area contributed by atoms with Crippen molar-refractivity contribution in [2.45, 2.75) is 0 Å². The average molecular weight is 249 g/mol. The largest absolute Gasteiger partial charge is 0.337 e. The molecule has 0 fully saturated rings. The number of rotatable bonds is 0. The summed E-state index contributed by atoms with van der Waals surface area (Å²) in [6.07, 6.45) is 1.25. The zero-order chi connectivity index (χ0) is 2.71. The van der Waals surface area contributed by atoms with Gasteiger partial charge in [0, 0.05) is 27.3 Å². The number of hydrogen-bond donors (Lipinski definition) is 1. The summed E-state index contributed by atoms with van der Waals surface area (Å²) in [4.78, 5) is 0. The average Bonchev–Trinajstić information content (AvgIpc) is 0.918. The molecule has 0 atom stereocenters. The van der Waals surface area contributed by atoms with Crippen molar-refractivity contribution in [3.63, 3.8) is 0 Å². The summed E-state index contributed by atoms with van der Waals surface area (Å²) in [5.41, 5.74) is 4.15. The number of hydrogen-bond acceptors (Lipinski definition) is 2. The van der Waals surface area contributed by atoms with Crippen LogP contribution in [0.25, 0.3) is 0 Å². The summed E-state index contributed by atoms with van der Waals surface area (Å²) in [7, 11) is 0. The summed E-state index contributed by atoms with van der Waals surface area (Å²) < 4.78 is 0. The summed E-state index contributed by atoms with van der Waals surface area (Å²) in [5.74, 6) is 0. The second-order valence-electron chi connectivity index (χ2n) is 0.129. The SMILES string of the molecule is N#CN.[Pb]. The van der Waals surface area contributed by atoms with Crippen LogP contribution >= 0.6 is 0 Å². The fraction of sp³-hybridized carbons (Fsp3) is 0. The molecule has 0 rings (SSSR count). The van der Waals surface area contributed by atoms with Gasteiger partial charge in [0.2, 0.25) is 0 Å². The van der Waals surface area contributed by atoms with E-state index in [1.807, 2.05) is 0 Å². The first-order valence-electron chi connectivity index (χ1n) is 0.512. The Labute approximate surface area is 44.8 Å². The molecule has 0 bridgehead atoms. The molecule has 2 nitrogen and oxygen atoms in total. The van der Waals surface area contributed by atoms with E-state index in [9.17, 15) is 0 Å². The van der Waals surface area contributed by atoms with Crippen LogP contribution in [-0.4, -0.2) is 27.3 Å². The van der Waals surface area contributed by atoms with Crippen molar-refractivity contribution in [3.8, 4) is 6.19 Å². The van der Waals surface area contributed by atoms with Crippen LogP contribution < -0.4 is 5.73 Å². The van der Waals surface area contributed by atoms with E-state index in [1.54, 1.807) is 0 Å². The molecule has 0 spiro atoms. The van der Waals surface area contributed by atoms with E-state index in [0.717, 1.165) is 0 Å². The van der Waals surface area contributed by atoms with Crippen LogP contribution in [0.2, 0.25) is 0 Å². The van der Waals surface area contributed by atoms with Crippen molar-refractivity contribution in [1.29, 1.82) is 5.26 Å². The summed E-state index contributed by atoms with van der Waals surface area (Å²) in [5, 5.41) is 7.10. The minimum absolute atomic E-state index is 0. The van der Waals surface area contributed by atoms with Gasteiger partial charge >= 0.3 is 0 Å². The third-order valence-corrected chi connectivity index (χ3v) is 0. The molecular formula is CH2N2Pb. The Bertz CT molecular complexity index is 27.5. The van der Waals surface area contributed by atoms with Gasteiger partial charge in [0.25, 0.3) is 0 Å². The van der Waals surface area contributed by atoms with E-state index >= 15 is 0 Å². The zero-order valence-electron chi connectivity index (χ0n) is 2.02. The van der Waals surface area contributed by atoms with Crippen LogP contribution in [-0.2, 0) is 0 Å². The Morgan fingerprint density at radius 2 is 1.75 bits per heavy atom. The number of nitrogens with two attached hydrogens (primary N) is 1. The molecule has 2 N–H and O–H groups in total. The Kier molecular flexibility index (Phi) is 23.8. The van der Waals surface area contributed by atoms with Gasteiger partial charge in [0.05, 0.1) is 0 Å². The summed E-state index contributed by atoms with van der Waals surface area (Å²) in [6, 6.07) is 0. The first-order valence-corrected chi connectivity index (χ1v) is 0.512. The molecule has 0 aromatic heterocycles. The minimum atomic E-state index is 0. The quantitative estimate of drug-likeness (QED) is 0.342. The molecule has 0 unspecified atom stereocenters. The van der Waals surface area contributed by atoms with Gasteiger partial charge in [-0.3, -0.25) is 0 Å². The van der Waals surface area contributed by atoms with Gasteiger partial charge in [0.15, 0.2) is 6.19 Å². The van der Waals surface area contributed by atoms with Crippen molar-refractivity contribution >= 4 is 27.3 Å². The first-order chi connectivity index (χ1) is 1.41. The molecule has 0 saturated heterocycles. The van der Waals surface area contributed by atoms with E-state index in [2.05, 4.69) is 5.73 Å². The Morgan fingerprint density at radius 3 is 1.75 bits per heavy atom. The Hall–Kier alpha value is 0.212. The molecule has 20 valence electrons. The van der Waals surface area contributed by atoms with E-state index in [4.69, 9.17) is 5.26 Å². The van der Waals surface area contributed by atoms with Crippen LogP contribution in [0.4, 0.5) is 0 Å². The fourth-order valence-corrected chi connectivity index (χ4v) is 0. The zero-order valence-corrected chi connectivity index (χ0v) is 5.91. The molecule has 0 aliphatic carbocycles. The molecule has 3 heteroatoms. The van der Waals surface area contributed by atoms with Crippen LogP contribution in [0.5, 0.6) is 0 Å². The topological polar surface area (TPSA) is 49.8 Å². The normalized spacial score (nSPS) is 1.75. The van der Waals surface area contributed by atoms with E-state index in [-0.39, 0.29) is 27.3 Å². The molecule has 0 aliphatic rings. The van der Waals surface area contributed by atoms with E-state index < -0.39 is 0 Å². The molecule has 0 saturated carbocycles. The summed E-state index contributed by atoms with van der Waals surface area (Å²) >= 11 is 0. The molecular weight excluding hydrogens is 247 g/mol. The van der Waals surface area contributed by atoms with E-state index in [0.29, 0.717) is 0 Å². The second kappa shape index (κ2) is 10.7. The van der Waals surface area contributed by atoms with Gasteiger partial charge in [0.1, 0.15) is 0 Å². The van der Waals surface area contributed by atoms with Crippen molar-refractivity contribution in [1.82, 2.24) is 0 Å². The molecule has 4 heavy (non-hydrogen) atoms. The molecule has 0 aliphatic heterocycles. The second-order valence-corrected chi connectivity index (χ2v) is 0.129. The molecule has 0 heterocycles. The van der Waals surface area contributed by atoms with Gasteiger partial charge in [-0.1, -0.05) is 0 Å². The van der Waals surface area contributed by atoms with E-state index in [1.165, 1.54) is 6.19 Å². The van der Waals surface area contributed by atoms with Gasteiger partial charge in [-0.05, 0) is 0 Å². The predicted octanol–water partition coefficient (Wildman–Crippen LogP) is -0.955. The maximum Gasteiger partial charge on any atom is 0.173 e. The van der Waals surface area contributed by atoms with Crippen molar-refractivity contribution in [2.75, 3.05) is 0 Å². The Morgan fingerprint density at radius 1 is 1.75 bits per heavy atom.